The van der Waals surface area contributed by atoms with E-state index in [1.807, 2.05) is 0 Å². The van der Waals surface area contributed by atoms with E-state index in [0.717, 1.165) is 12.8 Å². The lowest BCUT2D eigenvalue weighted by molar-refractivity contribution is 0.191. The molecule has 4 nitrogen and oxygen atoms in total. The van der Waals surface area contributed by atoms with Crippen LogP contribution in [0.2, 0.25) is 0 Å². The minimum absolute atomic E-state index is 0.0858. The number of amides is 2. The number of nitrogens with two attached hydrogens (primary N) is 1. The van der Waals surface area contributed by atoms with Gasteiger partial charge in [0, 0.05) is 24.7 Å². The number of benzene rings is 1. The summed E-state index contributed by atoms with van der Waals surface area (Å²) in [5.41, 5.74) is 6.20. The van der Waals surface area contributed by atoms with Crippen molar-refractivity contribution in [2.45, 2.75) is 12.8 Å². The van der Waals surface area contributed by atoms with Crippen molar-refractivity contribution >= 4 is 28.9 Å². The predicted molar refractivity (Wildman–Crippen MR) is 76.5 cm³/mol. The Bertz CT molecular complexity index is 477. The highest BCUT2D eigenvalue weighted by atomic mass is 32.1. The van der Waals surface area contributed by atoms with Crippen molar-refractivity contribution in [3.63, 3.8) is 0 Å². The molecule has 1 aromatic carbocycles. The van der Waals surface area contributed by atoms with Crippen LogP contribution in [0.5, 0.6) is 0 Å². The molecule has 0 radical (unpaired) electrons. The van der Waals surface area contributed by atoms with Gasteiger partial charge in [-0.3, -0.25) is 0 Å². The zero-order valence-corrected chi connectivity index (χ0v) is 11.3. The van der Waals surface area contributed by atoms with E-state index in [4.69, 9.17) is 18.0 Å². The van der Waals surface area contributed by atoms with Gasteiger partial charge in [-0.25, -0.2) is 9.18 Å². The van der Waals surface area contributed by atoms with Crippen molar-refractivity contribution in [1.29, 1.82) is 0 Å². The van der Waals surface area contributed by atoms with Crippen LogP contribution in [-0.2, 0) is 0 Å². The van der Waals surface area contributed by atoms with Crippen molar-refractivity contribution < 1.29 is 9.18 Å². The van der Waals surface area contributed by atoms with Gasteiger partial charge in [0.05, 0.1) is 4.99 Å². The van der Waals surface area contributed by atoms with Crippen molar-refractivity contribution in [3.05, 3.63) is 30.1 Å². The summed E-state index contributed by atoms with van der Waals surface area (Å²) in [6.45, 7) is 1.23. The number of nitrogens with zero attached hydrogens (tertiary/aromatic N) is 1. The third kappa shape index (κ3) is 3.64. The number of hydrogen-bond donors (Lipinski definition) is 2. The lowest BCUT2D eigenvalue weighted by atomic mass is 9.98. The number of urea groups is 1. The molecule has 0 spiro atoms. The van der Waals surface area contributed by atoms with Crippen LogP contribution in [-0.4, -0.2) is 29.0 Å². The second-order valence-electron chi connectivity index (χ2n) is 4.62. The number of halogens is 1. The maximum atomic E-state index is 12.8. The quantitative estimate of drug-likeness (QED) is 0.818. The molecule has 2 rings (SSSR count). The fourth-order valence-electron chi connectivity index (χ4n) is 2.13. The van der Waals surface area contributed by atoms with Crippen molar-refractivity contribution in [2.24, 2.45) is 11.7 Å². The highest BCUT2D eigenvalue weighted by Gasteiger charge is 2.25. The van der Waals surface area contributed by atoms with E-state index in [1.54, 1.807) is 4.90 Å². The molecule has 1 fully saturated rings. The zero-order valence-electron chi connectivity index (χ0n) is 10.4. The molecule has 0 bridgehead atoms. The Morgan fingerprint density at radius 1 is 1.42 bits per heavy atom. The minimum atomic E-state index is -0.329. The maximum absolute atomic E-state index is 12.8. The van der Waals surface area contributed by atoms with Gasteiger partial charge >= 0.3 is 6.03 Å². The molecule has 102 valence electrons. The van der Waals surface area contributed by atoms with Gasteiger partial charge in [-0.15, -0.1) is 0 Å². The van der Waals surface area contributed by atoms with Crippen molar-refractivity contribution in [2.75, 3.05) is 18.4 Å². The summed E-state index contributed by atoms with van der Waals surface area (Å²) in [5, 5.41) is 2.73. The summed E-state index contributed by atoms with van der Waals surface area (Å²) in [6, 6.07) is 5.48. The normalized spacial score (nSPS) is 19.0. The van der Waals surface area contributed by atoms with Gasteiger partial charge in [0.25, 0.3) is 0 Å². The Hall–Kier alpha value is -1.69. The fourth-order valence-corrected chi connectivity index (χ4v) is 2.32. The third-order valence-electron chi connectivity index (χ3n) is 3.21. The van der Waals surface area contributed by atoms with Crippen LogP contribution in [0.3, 0.4) is 0 Å². The Kier molecular flexibility index (Phi) is 4.31. The van der Waals surface area contributed by atoms with E-state index >= 15 is 0 Å². The van der Waals surface area contributed by atoms with Crippen LogP contribution in [0.25, 0.3) is 0 Å². The van der Waals surface area contributed by atoms with Gasteiger partial charge in [0.15, 0.2) is 0 Å². The van der Waals surface area contributed by atoms with Crippen LogP contribution in [0, 0.1) is 11.7 Å². The third-order valence-corrected chi connectivity index (χ3v) is 3.54. The predicted octanol–water partition coefficient (Wildman–Crippen LogP) is 2.36. The average Bonchev–Trinajstić information content (AvgIpc) is 2.41. The lowest BCUT2D eigenvalue weighted by Crippen LogP contribution is -2.45. The van der Waals surface area contributed by atoms with E-state index in [2.05, 4.69) is 5.32 Å². The molecule has 1 aliphatic rings. The van der Waals surface area contributed by atoms with E-state index < -0.39 is 0 Å². The lowest BCUT2D eigenvalue weighted by Gasteiger charge is -2.32. The molecule has 6 heteroatoms. The molecule has 19 heavy (non-hydrogen) atoms. The molecule has 1 unspecified atom stereocenters. The first kappa shape index (κ1) is 13.7. The average molecular weight is 281 g/mol. The van der Waals surface area contributed by atoms with Crippen molar-refractivity contribution in [3.8, 4) is 0 Å². The summed E-state index contributed by atoms with van der Waals surface area (Å²) in [5.74, 6) is -0.243. The zero-order chi connectivity index (χ0) is 13.8. The van der Waals surface area contributed by atoms with Gasteiger partial charge in [-0.2, -0.15) is 0 Å². The number of carbonyl (C=O) groups excluding carboxylic acids is 1. The minimum Gasteiger partial charge on any atom is -0.393 e. The van der Waals surface area contributed by atoms with E-state index in [1.165, 1.54) is 24.3 Å². The Morgan fingerprint density at radius 3 is 2.74 bits per heavy atom. The van der Waals surface area contributed by atoms with Crippen LogP contribution in [0.4, 0.5) is 14.9 Å². The summed E-state index contributed by atoms with van der Waals surface area (Å²) >= 11 is 4.98. The topological polar surface area (TPSA) is 58.4 Å². The van der Waals surface area contributed by atoms with Crippen LogP contribution >= 0.6 is 12.2 Å². The number of nitrogens with one attached hydrogen (secondary N) is 1. The van der Waals surface area contributed by atoms with Gasteiger partial charge in [-0.05, 0) is 37.1 Å². The molecular formula is C13H16FN3OS. The van der Waals surface area contributed by atoms with E-state index in [-0.39, 0.29) is 17.8 Å². The molecule has 3 N–H and O–H groups in total. The molecular weight excluding hydrogens is 265 g/mol. The molecule has 1 saturated heterocycles. The Morgan fingerprint density at radius 2 is 2.11 bits per heavy atom. The number of carbonyl (C=O) groups is 1. The first-order chi connectivity index (χ1) is 9.06. The van der Waals surface area contributed by atoms with Gasteiger partial charge in [0.2, 0.25) is 0 Å². The number of rotatable bonds is 2. The first-order valence-electron chi connectivity index (χ1n) is 6.17. The molecule has 1 aromatic rings. The summed E-state index contributed by atoms with van der Waals surface area (Å²) in [4.78, 5) is 14.2. The molecule has 1 aliphatic heterocycles. The van der Waals surface area contributed by atoms with E-state index in [9.17, 15) is 9.18 Å². The van der Waals surface area contributed by atoms with Gasteiger partial charge < -0.3 is 16.0 Å². The molecule has 1 atom stereocenters. The maximum Gasteiger partial charge on any atom is 0.321 e. The highest BCUT2D eigenvalue weighted by molar-refractivity contribution is 7.80. The van der Waals surface area contributed by atoms with Crippen LogP contribution < -0.4 is 11.1 Å². The monoisotopic (exact) mass is 281 g/mol. The van der Waals surface area contributed by atoms with Gasteiger partial charge in [0.1, 0.15) is 5.82 Å². The fraction of sp³-hybridized carbons (Fsp3) is 0.385. The standard InChI is InChI=1S/C13H16FN3OS/c14-10-3-5-11(6-4-10)16-13(18)17-7-1-2-9(8-17)12(15)19/h3-6,9H,1-2,7-8H2,(H2,15,19)(H,16,18). The SMILES string of the molecule is NC(=S)C1CCCN(C(=O)Nc2ccc(F)cc2)C1. The number of hydrogen-bond acceptors (Lipinski definition) is 2. The number of thiocarbonyl (C=S) groups is 1. The Balaban J connectivity index is 1.96. The van der Waals surface area contributed by atoms with E-state index in [0.29, 0.717) is 23.8 Å². The molecule has 0 aliphatic carbocycles. The molecule has 0 saturated carbocycles. The molecule has 1 heterocycles. The van der Waals surface area contributed by atoms with Crippen LogP contribution in [0.1, 0.15) is 12.8 Å². The number of anilines is 1. The molecule has 2 amide bonds. The number of piperidine rings is 1. The van der Waals surface area contributed by atoms with Crippen LogP contribution in [0.15, 0.2) is 24.3 Å². The highest BCUT2D eigenvalue weighted by Crippen LogP contribution is 2.18. The summed E-state index contributed by atoms with van der Waals surface area (Å²) < 4.78 is 12.8. The second-order valence-corrected chi connectivity index (χ2v) is 5.10. The molecule has 0 aromatic heterocycles. The summed E-state index contributed by atoms with van der Waals surface area (Å²) in [6.07, 6.45) is 1.81. The summed E-state index contributed by atoms with van der Waals surface area (Å²) in [7, 11) is 0. The smallest absolute Gasteiger partial charge is 0.321 e. The van der Waals surface area contributed by atoms with Crippen molar-refractivity contribution in [1.82, 2.24) is 4.90 Å². The second kappa shape index (κ2) is 5.97. The Labute approximate surface area is 116 Å². The van der Waals surface area contributed by atoms with Gasteiger partial charge in [-0.1, -0.05) is 12.2 Å². The largest absolute Gasteiger partial charge is 0.393 e. The first-order valence-corrected chi connectivity index (χ1v) is 6.58. The number of likely N-dealkylation sites (tertiary alicyclic amines) is 1.